The Hall–Kier alpha value is -3.13. The first-order valence-corrected chi connectivity index (χ1v) is 10.6. The summed E-state index contributed by atoms with van der Waals surface area (Å²) in [6, 6.07) is 19.4. The average molecular weight is 404 g/mol. The van der Waals surface area contributed by atoms with Crippen molar-refractivity contribution in [3.63, 3.8) is 0 Å². The van der Waals surface area contributed by atoms with Crippen molar-refractivity contribution < 1.29 is 9.59 Å². The number of amides is 2. The molecule has 0 atom stereocenters. The molecule has 0 radical (unpaired) electrons. The third-order valence-electron chi connectivity index (χ3n) is 5.67. The summed E-state index contributed by atoms with van der Waals surface area (Å²) in [6.07, 6.45) is 2.60. The predicted molar refractivity (Wildman–Crippen MR) is 118 cm³/mol. The van der Waals surface area contributed by atoms with Gasteiger partial charge in [-0.2, -0.15) is 5.26 Å². The Kier molecular flexibility index (Phi) is 7.24. The first-order valence-electron chi connectivity index (χ1n) is 10.6. The van der Waals surface area contributed by atoms with Crippen LogP contribution in [0.15, 0.2) is 54.6 Å². The molecule has 3 rings (SSSR count). The van der Waals surface area contributed by atoms with Gasteiger partial charge in [0.15, 0.2) is 0 Å². The third-order valence-corrected chi connectivity index (χ3v) is 5.67. The zero-order valence-corrected chi connectivity index (χ0v) is 17.8. The van der Waals surface area contributed by atoms with Gasteiger partial charge in [0.1, 0.15) is 0 Å². The van der Waals surface area contributed by atoms with E-state index in [-0.39, 0.29) is 23.8 Å². The van der Waals surface area contributed by atoms with Crippen LogP contribution in [0.25, 0.3) is 0 Å². The minimum absolute atomic E-state index is 0.00280. The highest BCUT2D eigenvalue weighted by molar-refractivity contribution is 5.96. The molecule has 156 valence electrons. The number of aryl methyl sites for hydroxylation is 1. The number of anilines is 1. The summed E-state index contributed by atoms with van der Waals surface area (Å²) in [5, 5.41) is 9.18. The number of hydrogen-bond acceptors (Lipinski definition) is 3. The van der Waals surface area contributed by atoms with Gasteiger partial charge < -0.3 is 9.80 Å². The molecule has 1 saturated heterocycles. The Morgan fingerprint density at radius 2 is 1.80 bits per heavy atom. The molecule has 2 aromatic carbocycles. The van der Waals surface area contributed by atoms with E-state index in [2.05, 4.69) is 6.07 Å². The second-order valence-corrected chi connectivity index (χ2v) is 8.10. The number of nitrogens with zero attached hydrogens (tertiary/aromatic N) is 3. The number of nitriles is 1. The Morgan fingerprint density at radius 1 is 1.10 bits per heavy atom. The minimum atomic E-state index is -0.101. The Labute approximate surface area is 178 Å². The van der Waals surface area contributed by atoms with E-state index in [0.717, 1.165) is 12.1 Å². The molecule has 5 nitrogen and oxygen atoms in total. The van der Waals surface area contributed by atoms with E-state index in [1.165, 1.54) is 5.56 Å². The van der Waals surface area contributed by atoms with Gasteiger partial charge in [-0.1, -0.05) is 36.4 Å². The molecule has 1 fully saturated rings. The number of carbonyl (C=O) groups is 2. The summed E-state index contributed by atoms with van der Waals surface area (Å²) in [5.41, 5.74) is 2.48. The molecule has 2 aromatic rings. The van der Waals surface area contributed by atoms with Crippen molar-refractivity contribution in [1.82, 2.24) is 4.90 Å². The summed E-state index contributed by atoms with van der Waals surface area (Å²) < 4.78 is 0. The first kappa shape index (κ1) is 21.6. The number of piperidine rings is 1. The SMILES string of the molecule is CC(C)N(C(=O)C1CCN(C(=O)CCc2ccccc2)CC1)c1cccc(C#N)c1. The average Bonchev–Trinajstić information content (AvgIpc) is 2.78. The lowest BCUT2D eigenvalue weighted by atomic mass is 9.94. The van der Waals surface area contributed by atoms with Gasteiger partial charge in [0.2, 0.25) is 11.8 Å². The summed E-state index contributed by atoms with van der Waals surface area (Å²) in [5.74, 6) is 0.139. The van der Waals surface area contributed by atoms with E-state index in [9.17, 15) is 14.9 Å². The molecule has 2 amide bonds. The molecule has 0 bridgehead atoms. The molecule has 0 spiro atoms. The molecule has 1 heterocycles. The van der Waals surface area contributed by atoms with Crippen LogP contribution in [-0.2, 0) is 16.0 Å². The standard InChI is InChI=1S/C25H29N3O2/c1-19(2)28(23-10-6-9-21(17-23)18-26)25(30)22-13-15-27(16-14-22)24(29)12-11-20-7-4-3-5-8-20/h3-10,17,19,22H,11-16H2,1-2H3. The van der Waals surface area contributed by atoms with Crippen molar-refractivity contribution in [1.29, 1.82) is 5.26 Å². The van der Waals surface area contributed by atoms with Crippen LogP contribution in [-0.4, -0.2) is 35.8 Å². The lowest BCUT2D eigenvalue weighted by molar-refractivity contribution is -0.135. The number of hydrogen-bond donors (Lipinski definition) is 0. The van der Waals surface area contributed by atoms with Crippen molar-refractivity contribution in [2.45, 2.75) is 45.6 Å². The van der Waals surface area contributed by atoms with E-state index in [1.54, 1.807) is 17.0 Å². The van der Waals surface area contributed by atoms with Gasteiger partial charge in [-0.05, 0) is 56.9 Å². The van der Waals surface area contributed by atoms with Crippen LogP contribution >= 0.6 is 0 Å². The molecular weight excluding hydrogens is 374 g/mol. The topological polar surface area (TPSA) is 64.4 Å². The summed E-state index contributed by atoms with van der Waals surface area (Å²) in [4.78, 5) is 29.5. The second kappa shape index (κ2) is 10.1. The van der Waals surface area contributed by atoms with Crippen molar-refractivity contribution in [3.05, 3.63) is 65.7 Å². The number of carbonyl (C=O) groups excluding carboxylic acids is 2. The number of rotatable bonds is 6. The molecule has 30 heavy (non-hydrogen) atoms. The van der Waals surface area contributed by atoms with Crippen LogP contribution in [0.3, 0.4) is 0 Å². The third kappa shape index (κ3) is 5.27. The van der Waals surface area contributed by atoms with Crippen molar-refractivity contribution >= 4 is 17.5 Å². The predicted octanol–water partition coefficient (Wildman–Crippen LogP) is 4.17. The maximum absolute atomic E-state index is 13.3. The largest absolute Gasteiger partial charge is 0.343 e. The molecule has 0 aromatic heterocycles. The molecule has 0 N–H and O–H groups in total. The normalized spacial score (nSPS) is 14.4. The van der Waals surface area contributed by atoms with Gasteiger partial charge in [-0.3, -0.25) is 9.59 Å². The van der Waals surface area contributed by atoms with E-state index in [0.29, 0.717) is 37.9 Å². The van der Waals surface area contributed by atoms with Gasteiger partial charge in [0, 0.05) is 37.2 Å². The van der Waals surface area contributed by atoms with Crippen molar-refractivity contribution in [2.24, 2.45) is 5.92 Å². The molecule has 1 aliphatic heterocycles. The zero-order valence-electron chi connectivity index (χ0n) is 17.8. The number of benzene rings is 2. The summed E-state index contributed by atoms with van der Waals surface area (Å²) >= 11 is 0. The van der Waals surface area contributed by atoms with E-state index >= 15 is 0 Å². The first-order chi connectivity index (χ1) is 14.5. The highest BCUT2D eigenvalue weighted by Gasteiger charge is 2.31. The van der Waals surface area contributed by atoms with E-state index in [4.69, 9.17) is 0 Å². The van der Waals surface area contributed by atoms with E-state index < -0.39 is 0 Å². The van der Waals surface area contributed by atoms with Crippen molar-refractivity contribution in [3.8, 4) is 6.07 Å². The fourth-order valence-electron chi connectivity index (χ4n) is 4.03. The molecule has 5 heteroatoms. The van der Waals surface area contributed by atoms with Crippen LogP contribution in [0.5, 0.6) is 0 Å². The smallest absolute Gasteiger partial charge is 0.230 e. The highest BCUT2D eigenvalue weighted by atomic mass is 16.2. The molecule has 1 aliphatic rings. The quantitative estimate of drug-likeness (QED) is 0.727. The zero-order chi connectivity index (χ0) is 21.5. The Balaban J connectivity index is 1.58. The highest BCUT2D eigenvalue weighted by Crippen LogP contribution is 2.26. The summed E-state index contributed by atoms with van der Waals surface area (Å²) in [6.45, 7) is 5.21. The second-order valence-electron chi connectivity index (χ2n) is 8.10. The van der Waals surface area contributed by atoms with Gasteiger partial charge in [-0.15, -0.1) is 0 Å². The fourth-order valence-corrected chi connectivity index (χ4v) is 4.03. The maximum Gasteiger partial charge on any atom is 0.230 e. The molecule has 0 saturated carbocycles. The van der Waals surface area contributed by atoms with Gasteiger partial charge in [0.05, 0.1) is 11.6 Å². The van der Waals surface area contributed by atoms with E-state index in [1.807, 2.05) is 61.2 Å². The van der Waals surface area contributed by atoms with Crippen molar-refractivity contribution in [2.75, 3.05) is 18.0 Å². The van der Waals surface area contributed by atoms with Gasteiger partial charge >= 0.3 is 0 Å². The van der Waals surface area contributed by atoms with Crippen LogP contribution < -0.4 is 4.90 Å². The van der Waals surface area contributed by atoms with Crippen LogP contribution in [0.4, 0.5) is 5.69 Å². The molecule has 0 aliphatic carbocycles. The van der Waals surface area contributed by atoms with Gasteiger partial charge in [-0.25, -0.2) is 0 Å². The van der Waals surface area contributed by atoms with Crippen LogP contribution in [0, 0.1) is 17.2 Å². The lowest BCUT2D eigenvalue weighted by Gasteiger charge is -2.36. The fraction of sp³-hybridized carbons (Fsp3) is 0.400. The monoisotopic (exact) mass is 403 g/mol. The van der Waals surface area contributed by atoms with Crippen LogP contribution in [0.1, 0.15) is 44.2 Å². The number of likely N-dealkylation sites (tertiary alicyclic amines) is 1. The maximum atomic E-state index is 13.3. The molecule has 0 unspecified atom stereocenters. The lowest BCUT2D eigenvalue weighted by Crippen LogP contribution is -2.46. The summed E-state index contributed by atoms with van der Waals surface area (Å²) in [7, 11) is 0. The Morgan fingerprint density at radius 3 is 2.43 bits per heavy atom. The van der Waals surface area contributed by atoms with Gasteiger partial charge in [0.25, 0.3) is 0 Å². The van der Waals surface area contributed by atoms with Crippen LogP contribution in [0.2, 0.25) is 0 Å². The minimum Gasteiger partial charge on any atom is -0.343 e. The Bertz CT molecular complexity index is 909. The molecular formula is C25H29N3O2.